The van der Waals surface area contributed by atoms with Gasteiger partial charge in [0.15, 0.2) is 0 Å². The number of imidazole rings is 1. The Morgan fingerprint density at radius 2 is 2.41 bits per heavy atom. The topological polar surface area (TPSA) is 49.6 Å². The minimum atomic E-state index is 0.266. The Bertz CT molecular complexity index is 546. The highest BCUT2D eigenvalue weighted by Gasteiger charge is 2.22. The van der Waals surface area contributed by atoms with E-state index in [0.29, 0.717) is 5.92 Å². The van der Waals surface area contributed by atoms with Crippen LogP contribution in [0.15, 0.2) is 22.9 Å². The van der Waals surface area contributed by atoms with Crippen molar-refractivity contribution in [3.63, 3.8) is 0 Å². The fourth-order valence-corrected chi connectivity index (χ4v) is 3.04. The Hall–Kier alpha value is -1.07. The molecular formula is C12H14BrN3O. The number of hydrogen-bond acceptors (Lipinski definition) is 3. The molecule has 1 saturated heterocycles. The second-order valence-electron chi connectivity index (χ2n) is 4.42. The average molecular weight is 296 g/mol. The van der Waals surface area contributed by atoms with Crippen molar-refractivity contribution in [2.75, 3.05) is 13.1 Å². The van der Waals surface area contributed by atoms with Gasteiger partial charge in [0.2, 0.25) is 0 Å². The number of aromatic hydroxyl groups is 1. The molecule has 1 unspecified atom stereocenters. The van der Waals surface area contributed by atoms with Crippen LogP contribution in [0, 0.1) is 0 Å². The number of halogens is 1. The molecule has 0 aromatic carbocycles. The first-order valence-corrected chi connectivity index (χ1v) is 6.63. The van der Waals surface area contributed by atoms with Crippen LogP contribution in [0.25, 0.3) is 5.52 Å². The van der Waals surface area contributed by atoms with E-state index in [1.807, 2.05) is 16.7 Å². The summed E-state index contributed by atoms with van der Waals surface area (Å²) in [5.74, 6) is 1.71. The minimum Gasteiger partial charge on any atom is -0.506 e. The lowest BCUT2D eigenvalue weighted by Crippen LogP contribution is -2.29. The standard InChI is InChI=1S/C12H14BrN3O/c13-11-10-9(17)4-2-6-16(10)12(15-11)8-3-1-5-14-7-8/h2,4,6,8,14,17H,1,3,5,7H2. The number of fused-ring (bicyclic) bond motifs is 1. The van der Waals surface area contributed by atoms with Crippen molar-refractivity contribution in [1.82, 2.24) is 14.7 Å². The zero-order valence-corrected chi connectivity index (χ0v) is 10.9. The molecule has 4 nitrogen and oxygen atoms in total. The summed E-state index contributed by atoms with van der Waals surface area (Å²) < 4.78 is 2.70. The second kappa shape index (κ2) is 4.31. The van der Waals surface area contributed by atoms with Gasteiger partial charge in [-0.15, -0.1) is 0 Å². The summed E-state index contributed by atoms with van der Waals surface area (Å²) in [4.78, 5) is 4.55. The maximum atomic E-state index is 9.86. The molecule has 3 rings (SSSR count). The van der Waals surface area contributed by atoms with Crippen molar-refractivity contribution in [1.29, 1.82) is 0 Å². The molecule has 1 fully saturated rings. The van der Waals surface area contributed by atoms with E-state index in [1.165, 1.54) is 6.42 Å². The number of nitrogens with one attached hydrogen (secondary N) is 1. The van der Waals surface area contributed by atoms with Crippen LogP contribution >= 0.6 is 15.9 Å². The highest BCUT2D eigenvalue weighted by Crippen LogP contribution is 2.31. The van der Waals surface area contributed by atoms with Crippen LogP contribution in [-0.4, -0.2) is 27.6 Å². The van der Waals surface area contributed by atoms with Gasteiger partial charge in [0, 0.05) is 18.7 Å². The van der Waals surface area contributed by atoms with Gasteiger partial charge in [-0.3, -0.25) is 4.40 Å². The lowest BCUT2D eigenvalue weighted by Gasteiger charge is -2.21. The van der Waals surface area contributed by atoms with Gasteiger partial charge in [0.05, 0.1) is 0 Å². The van der Waals surface area contributed by atoms with Crippen LogP contribution in [0.3, 0.4) is 0 Å². The lowest BCUT2D eigenvalue weighted by atomic mass is 9.99. The quantitative estimate of drug-likeness (QED) is 0.848. The molecule has 17 heavy (non-hydrogen) atoms. The van der Waals surface area contributed by atoms with Gasteiger partial charge >= 0.3 is 0 Å². The first-order chi connectivity index (χ1) is 8.27. The maximum Gasteiger partial charge on any atom is 0.142 e. The first-order valence-electron chi connectivity index (χ1n) is 5.83. The fraction of sp³-hybridized carbons (Fsp3) is 0.417. The van der Waals surface area contributed by atoms with Gasteiger partial charge in [-0.1, -0.05) is 0 Å². The number of hydrogen-bond donors (Lipinski definition) is 2. The van der Waals surface area contributed by atoms with Gasteiger partial charge < -0.3 is 10.4 Å². The van der Waals surface area contributed by atoms with Crippen molar-refractivity contribution in [3.05, 3.63) is 28.8 Å². The molecule has 2 aromatic rings. The molecular weight excluding hydrogens is 282 g/mol. The zero-order chi connectivity index (χ0) is 11.8. The molecule has 3 heterocycles. The highest BCUT2D eigenvalue weighted by atomic mass is 79.9. The van der Waals surface area contributed by atoms with E-state index >= 15 is 0 Å². The van der Waals surface area contributed by atoms with Crippen LogP contribution in [0.4, 0.5) is 0 Å². The summed E-state index contributed by atoms with van der Waals surface area (Å²) in [7, 11) is 0. The number of piperidine rings is 1. The highest BCUT2D eigenvalue weighted by molar-refractivity contribution is 9.10. The summed E-state index contributed by atoms with van der Waals surface area (Å²) in [5.41, 5.74) is 0.757. The molecule has 90 valence electrons. The van der Waals surface area contributed by atoms with Crippen LogP contribution in [0.2, 0.25) is 0 Å². The van der Waals surface area contributed by atoms with Gasteiger partial charge in [0.25, 0.3) is 0 Å². The Balaban J connectivity index is 2.13. The van der Waals surface area contributed by atoms with Crippen molar-refractivity contribution in [2.45, 2.75) is 18.8 Å². The number of nitrogens with zero attached hydrogens (tertiary/aromatic N) is 2. The Kier molecular flexibility index (Phi) is 2.80. The summed E-state index contributed by atoms with van der Waals surface area (Å²) in [5, 5.41) is 13.2. The molecule has 2 aromatic heterocycles. The molecule has 0 amide bonds. The predicted octanol–water partition coefficient (Wildman–Crippen LogP) is 2.27. The van der Waals surface area contributed by atoms with E-state index in [-0.39, 0.29) is 5.75 Å². The molecule has 0 spiro atoms. The smallest absolute Gasteiger partial charge is 0.142 e. The summed E-state index contributed by atoms with van der Waals surface area (Å²) >= 11 is 3.42. The van der Waals surface area contributed by atoms with E-state index < -0.39 is 0 Å². The van der Waals surface area contributed by atoms with Gasteiger partial charge in [-0.2, -0.15) is 0 Å². The maximum absolute atomic E-state index is 9.86. The Labute approximate surface area is 108 Å². The second-order valence-corrected chi connectivity index (χ2v) is 5.17. The van der Waals surface area contributed by atoms with Crippen molar-refractivity contribution in [3.8, 4) is 5.75 Å². The van der Waals surface area contributed by atoms with Crippen LogP contribution in [0.1, 0.15) is 24.6 Å². The molecule has 0 radical (unpaired) electrons. The predicted molar refractivity (Wildman–Crippen MR) is 69.4 cm³/mol. The normalized spacial score (nSPS) is 20.9. The summed E-state index contributed by atoms with van der Waals surface area (Å²) in [6.07, 6.45) is 4.28. The first kappa shape index (κ1) is 11.0. The van der Waals surface area contributed by atoms with E-state index in [2.05, 4.69) is 26.2 Å². The zero-order valence-electron chi connectivity index (χ0n) is 9.36. The Morgan fingerprint density at radius 3 is 3.18 bits per heavy atom. The van der Waals surface area contributed by atoms with Crippen molar-refractivity contribution in [2.24, 2.45) is 0 Å². The molecule has 2 N–H and O–H groups in total. The fourth-order valence-electron chi connectivity index (χ4n) is 2.46. The van der Waals surface area contributed by atoms with E-state index in [0.717, 1.165) is 35.5 Å². The summed E-state index contributed by atoms with van der Waals surface area (Å²) in [6.45, 7) is 2.05. The molecule has 5 heteroatoms. The Morgan fingerprint density at radius 1 is 1.53 bits per heavy atom. The third-order valence-electron chi connectivity index (χ3n) is 3.29. The molecule has 0 bridgehead atoms. The SMILES string of the molecule is Oc1cccn2c(C3CCCNC3)nc(Br)c12. The number of rotatable bonds is 1. The summed E-state index contributed by atoms with van der Waals surface area (Å²) in [6, 6.07) is 3.53. The lowest BCUT2D eigenvalue weighted by molar-refractivity contribution is 0.444. The van der Waals surface area contributed by atoms with Gasteiger partial charge in [-0.05, 0) is 47.4 Å². The van der Waals surface area contributed by atoms with Crippen molar-refractivity contribution >= 4 is 21.4 Å². The monoisotopic (exact) mass is 295 g/mol. The molecule has 0 saturated carbocycles. The van der Waals surface area contributed by atoms with Crippen LogP contribution in [0.5, 0.6) is 5.75 Å². The van der Waals surface area contributed by atoms with E-state index in [4.69, 9.17) is 0 Å². The van der Waals surface area contributed by atoms with Crippen LogP contribution < -0.4 is 5.32 Å². The molecule has 0 aliphatic carbocycles. The third kappa shape index (κ3) is 1.83. The number of pyridine rings is 1. The van der Waals surface area contributed by atoms with Gasteiger partial charge in [0.1, 0.15) is 21.7 Å². The molecule has 1 atom stereocenters. The largest absolute Gasteiger partial charge is 0.506 e. The molecule has 1 aliphatic heterocycles. The van der Waals surface area contributed by atoms with E-state index in [1.54, 1.807) is 6.07 Å². The average Bonchev–Trinajstić information content (AvgIpc) is 2.69. The van der Waals surface area contributed by atoms with Gasteiger partial charge in [-0.25, -0.2) is 4.98 Å². The third-order valence-corrected chi connectivity index (χ3v) is 3.84. The van der Waals surface area contributed by atoms with Crippen molar-refractivity contribution < 1.29 is 5.11 Å². The van der Waals surface area contributed by atoms with Crippen LogP contribution in [-0.2, 0) is 0 Å². The van der Waals surface area contributed by atoms with E-state index in [9.17, 15) is 5.11 Å². The number of aromatic nitrogens is 2. The minimum absolute atomic E-state index is 0.266. The molecule has 1 aliphatic rings.